The smallest absolute Gasteiger partial charge is 0.127 e. The van der Waals surface area contributed by atoms with Gasteiger partial charge in [0.1, 0.15) is 17.1 Å². The Morgan fingerprint density at radius 1 is 1.21 bits per heavy atom. The van der Waals surface area contributed by atoms with Crippen LogP contribution in [0.4, 0.5) is 0 Å². The molecule has 24 heavy (non-hydrogen) atoms. The molecular formula is C22H28O2. The van der Waals surface area contributed by atoms with Gasteiger partial charge >= 0.3 is 0 Å². The highest BCUT2D eigenvalue weighted by molar-refractivity contribution is 5.66. The fourth-order valence-corrected chi connectivity index (χ4v) is 4.56. The lowest BCUT2D eigenvalue weighted by Crippen LogP contribution is -2.35. The summed E-state index contributed by atoms with van der Waals surface area (Å²) >= 11 is 0. The molecule has 1 aliphatic heterocycles. The van der Waals surface area contributed by atoms with Crippen LogP contribution < -0.4 is 4.74 Å². The number of hydrogen-bond donors (Lipinski definition) is 1. The third-order valence-electron chi connectivity index (χ3n) is 5.89. The Labute approximate surface area is 145 Å². The van der Waals surface area contributed by atoms with Crippen LogP contribution in [0.5, 0.6) is 11.5 Å². The molecule has 2 bridgehead atoms. The van der Waals surface area contributed by atoms with E-state index in [4.69, 9.17) is 4.74 Å². The quantitative estimate of drug-likeness (QED) is 0.724. The zero-order valence-electron chi connectivity index (χ0n) is 15.3. The van der Waals surface area contributed by atoms with E-state index in [-0.39, 0.29) is 5.60 Å². The third kappa shape index (κ3) is 2.39. The van der Waals surface area contributed by atoms with Gasteiger partial charge in [0.05, 0.1) is 0 Å². The van der Waals surface area contributed by atoms with Crippen molar-refractivity contribution in [3.8, 4) is 11.5 Å². The van der Waals surface area contributed by atoms with Gasteiger partial charge in [0.2, 0.25) is 0 Å². The Balaban J connectivity index is 1.95. The van der Waals surface area contributed by atoms with E-state index in [9.17, 15) is 5.11 Å². The minimum atomic E-state index is -0.119. The molecule has 2 unspecified atom stereocenters. The fraction of sp³-hybridized carbons (Fsp3) is 0.545. The monoisotopic (exact) mass is 324 g/mol. The molecule has 4 aliphatic rings. The lowest BCUT2D eigenvalue weighted by atomic mass is 9.68. The minimum Gasteiger partial charge on any atom is -0.507 e. The van der Waals surface area contributed by atoms with Crippen molar-refractivity contribution in [2.45, 2.75) is 77.2 Å². The number of phenols is 1. The molecule has 2 nitrogen and oxygen atoms in total. The van der Waals surface area contributed by atoms with Gasteiger partial charge in [-0.25, -0.2) is 0 Å². The van der Waals surface area contributed by atoms with Crippen molar-refractivity contribution in [2.24, 2.45) is 0 Å². The molecule has 5 rings (SSSR count). The average molecular weight is 324 g/mol. The van der Waals surface area contributed by atoms with E-state index in [2.05, 4.69) is 45.9 Å². The van der Waals surface area contributed by atoms with Crippen molar-refractivity contribution in [2.75, 3.05) is 0 Å². The van der Waals surface area contributed by atoms with E-state index in [1.165, 1.54) is 23.1 Å². The van der Waals surface area contributed by atoms with Crippen LogP contribution in [0, 0.1) is 0 Å². The summed E-state index contributed by atoms with van der Waals surface area (Å²) in [5.74, 6) is 2.41. The molecule has 0 aromatic heterocycles. The van der Waals surface area contributed by atoms with Gasteiger partial charge in [0, 0.05) is 34.1 Å². The van der Waals surface area contributed by atoms with Crippen molar-refractivity contribution in [3.63, 3.8) is 0 Å². The van der Waals surface area contributed by atoms with Crippen molar-refractivity contribution in [3.05, 3.63) is 46.1 Å². The molecule has 1 N–H and O–H groups in total. The number of benzene rings is 1. The lowest BCUT2D eigenvalue weighted by molar-refractivity contribution is 0.0817. The molecule has 128 valence electrons. The highest BCUT2D eigenvalue weighted by Crippen LogP contribution is 2.56. The van der Waals surface area contributed by atoms with Crippen LogP contribution >= 0.6 is 0 Å². The van der Waals surface area contributed by atoms with E-state index < -0.39 is 0 Å². The first-order valence-corrected chi connectivity index (χ1v) is 9.28. The maximum Gasteiger partial charge on any atom is 0.127 e. The van der Waals surface area contributed by atoms with Crippen LogP contribution in [0.1, 0.15) is 81.0 Å². The van der Waals surface area contributed by atoms with Crippen LogP contribution in [-0.4, -0.2) is 10.7 Å². The van der Waals surface area contributed by atoms with Gasteiger partial charge in [0.15, 0.2) is 0 Å². The summed E-state index contributed by atoms with van der Waals surface area (Å²) in [6.07, 6.45) is 12.0. The van der Waals surface area contributed by atoms with Crippen LogP contribution in [0.25, 0.3) is 0 Å². The third-order valence-corrected chi connectivity index (χ3v) is 5.89. The molecule has 2 atom stereocenters. The van der Waals surface area contributed by atoms with Gasteiger partial charge in [-0.3, -0.25) is 0 Å². The normalized spacial score (nSPS) is 25.7. The molecular weight excluding hydrogens is 296 g/mol. The Morgan fingerprint density at radius 3 is 2.50 bits per heavy atom. The number of ether oxygens (including phenoxy) is 1. The summed E-state index contributed by atoms with van der Waals surface area (Å²) in [5, 5.41) is 11.1. The van der Waals surface area contributed by atoms with Gasteiger partial charge in [0.25, 0.3) is 0 Å². The average Bonchev–Trinajstić information content (AvgIpc) is 2.55. The van der Waals surface area contributed by atoms with Gasteiger partial charge in [-0.15, -0.1) is 0 Å². The van der Waals surface area contributed by atoms with E-state index in [0.717, 1.165) is 42.6 Å². The van der Waals surface area contributed by atoms with E-state index in [1.807, 2.05) is 0 Å². The molecule has 0 fully saturated rings. The summed E-state index contributed by atoms with van der Waals surface area (Å²) < 4.78 is 6.51. The maximum absolute atomic E-state index is 11.1. The standard InChI is InChI=1S/C22H28O2/c1-13(2)5-10-16-17-11-12-22(3,4)24-21(17)19-15-8-6-14(7-9-15)18(19)20(16)23/h5-6,8,14-15,23H,7,9-12H2,1-4H3. The predicted octanol–water partition coefficient (Wildman–Crippen LogP) is 5.54. The molecule has 1 aromatic carbocycles. The number of phenolic OH excluding ortho intramolecular Hbond substituents is 1. The summed E-state index contributed by atoms with van der Waals surface area (Å²) in [5.41, 5.74) is 5.97. The van der Waals surface area contributed by atoms with Gasteiger partial charge < -0.3 is 9.84 Å². The van der Waals surface area contributed by atoms with Crippen molar-refractivity contribution in [1.29, 1.82) is 0 Å². The second-order valence-corrected chi connectivity index (χ2v) is 8.48. The van der Waals surface area contributed by atoms with Crippen LogP contribution in [0.3, 0.4) is 0 Å². The topological polar surface area (TPSA) is 29.5 Å². The number of aromatic hydroxyl groups is 1. The molecule has 0 saturated heterocycles. The highest BCUT2D eigenvalue weighted by atomic mass is 16.5. The number of hydrogen-bond acceptors (Lipinski definition) is 2. The summed E-state index contributed by atoms with van der Waals surface area (Å²) in [6.45, 7) is 8.60. The van der Waals surface area contributed by atoms with Crippen molar-refractivity contribution in [1.82, 2.24) is 0 Å². The summed E-state index contributed by atoms with van der Waals surface area (Å²) in [7, 11) is 0. The molecule has 0 amide bonds. The van der Waals surface area contributed by atoms with Gasteiger partial charge in [-0.2, -0.15) is 0 Å². The van der Waals surface area contributed by atoms with E-state index in [0.29, 0.717) is 17.6 Å². The Bertz CT molecular complexity index is 748. The van der Waals surface area contributed by atoms with Crippen molar-refractivity contribution >= 4 is 0 Å². The number of allylic oxidation sites excluding steroid dienone is 4. The van der Waals surface area contributed by atoms with E-state index >= 15 is 0 Å². The zero-order chi connectivity index (χ0) is 17.1. The molecule has 0 saturated carbocycles. The second-order valence-electron chi connectivity index (χ2n) is 8.48. The van der Waals surface area contributed by atoms with Crippen molar-refractivity contribution < 1.29 is 9.84 Å². The number of rotatable bonds is 2. The largest absolute Gasteiger partial charge is 0.507 e. The molecule has 1 heterocycles. The molecule has 0 spiro atoms. The number of fused-ring (bicyclic) bond motifs is 2. The van der Waals surface area contributed by atoms with Crippen LogP contribution in [0.2, 0.25) is 0 Å². The molecule has 1 aromatic rings. The zero-order valence-corrected chi connectivity index (χ0v) is 15.3. The Kier molecular flexibility index (Phi) is 3.56. The van der Waals surface area contributed by atoms with Gasteiger partial charge in [-0.05, 0) is 59.8 Å². The predicted molar refractivity (Wildman–Crippen MR) is 98.1 cm³/mol. The maximum atomic E-state index is 11.1. The highest BCUT2D eigenvalue weighted by Gasteiger charge is 2.40. The SMILES string of the molecule is CC(C)=CCc1c(O)c2c(c3c1CCC(C)(C)O3)C1C=CC2CC1. The molecule has 2 heteroatoms. The lowest BCUT2D eigenvalue weighted by Gasteiger charge is -2.41. The van der Waals surface area contributed by atoms with Crippen LogP contribution in [0.15, 0.2) is 23.8 Å². The van der Waals surface area contributed by atoms with Crippen LogP contribution in [-0.2, 0) is 12.8 Å². The van der Waals surface area contributed by atoms with Gasteiger partial charge in [-0.1, -0.05) is 23.8 Å². The molecule has 0 radical (unpaired) electrons. The summed E-state index contributed by atoms with van der Waals surface area (Å²) in [4.78, 5) is 0. The van der Waals surface area contributed by atoms with E-state index in [1.54, 1.807) is 0 Å². The fourth-order valence-electron chi connectivity index (χ4n) is 4.56. The Hall–Kier alpha value is -1.70. The first-order valence-electron chi connectivity index (χ1n) is 9.28. The first-order chi connectivity index (χ1) is 11.4. The first kappa shape index (κ1) is 15.8. The molecule has 3 aliphatic carbocycles. The summed E-state index contributed by atoms with van der Waals surface area (Å²) in [6, 6.07) is 0. The minimum absolute atomic E-state index is 0.119. The Morgan fingerprint density at radius 2 is 1.88 bits per heavy atom. The second kappa shape index (κ2) is 5.40.